The topological polar surface area (TPSA) is 40.6 Å². The molecule has 0 fully saturated rings. The van der Waals surface area contributed by atoms with Crippen molar-refractivity contribution in [2.24, 2.45) is 3.34 Å². The molecule has 0 spiro atoms. The molecule has 4 heteroatoms. The molecule has 0 atom stereocenters. The molecule has 3 nitrogen and oxygen atoms in total. The van der Waals surface area contributed by atoms with Crippen LogP contribution >= 0.6 is 0 Å². The quantitative estimate of drug-likeness (QED) is 0.548. The van der Waals surface area contributed by atoms with E-state index < -0.39 is 0 Å². The minimum atomic E-state index is 0.559. The molecule has 1 aromatic rings. The van der Waals surface area contributed by atoms with Crippen LogP contribution in [-0.4, -0.2) is 32.2 Å². The van der Waals surface area contributed by atoms with Gasteiger partial charge in [0.2, 0.25) is 0 Å². The van der Waals surface area contributed by atoms with Crippen molar-refractivity contribution in [1.82, 2.24) is 0 Å². The van der Waals surface area contributed by atoms with Gasteiger partial charge < -0.3 is 10.6 Å². The van der Waals surface area contributed by atoms with Crippen LogP contribution in [0.5, 0.6) is 0 Å². The molecule has 0 N–H and O–H groups in total. The van der Waals surface area contributed by atoms with E-state index in [1.54, 1.807) is 0 Å². The van der Waals surface area contributed by atoms with Gasteiger partial charge in [-0.1, -0.05) is 27.7 Å². The molecule has 0 unspecified atom stereocenters. The molecule has 0 bridgehead atoms. The van der Waals surface area contributed by atoms with E-state index in [-0.39, 0.29) is 0 Å². The first kappa shape index (κ1) is 24.8. The first-order chi connectivity index (χ1) is 9.60. The predicted molar refractivity (Wildman–Crippen MR) is 88.5 cm³/mol. The van der Waals surface area contributed by atoms with Gasteiger partial charge in [-0.2, -0.15) is 44.4 Å². The molecule has 0 radical (unpaired) electrons. The Morgan fingerprint density at radius 2 is 1.20 bits per heavy atom. The summed E-state index contributed by atoms with van der Waals surface area (Å²) in [6, 6.07) is 10.6. The molecule has 0 aliphatic carbocycles. The summed E-state index contributed by atoms with van der Waals surface area (Å²) in [5, 5.41) is 7.94. The normalized spacial score (nSPS) is 8.30. The first-order valence-corrected chi connectivity index (χ1v) is 8.81. The molecule has 0 aromatic heterocycles. The van der Waals surface area contributed by atoms with E-state index >= 15 is 0 Å². The van der Waals surface area contributed by atoms with E-state index in [1.807, 2.05) is 58.0 Å². The molecule has 0 aliphatic rings. The zero-order valence-electron chi connectivity index (χ0n) is 14.1. The third-order valence-electron chi connectivity index (χ3n) is 1.68. The molecule has 1 rings (SSSR count). The van der Waals surface area contributed by atoms with Gasteiger partial charge in [0.15, 0.2) is 0 Å². The monoisotopic (exact) mass is 447 g/mol. The van der Waals surface area contributed by atoms with Crippen molar-refractivity contribution in [3.8, 4) is 0 Å². The molecule has 0 saturated carbocycles. The van der Waals surface area contributed by atoms with E-state index in [1.165, 1.54) is 0 Å². The molecular weight excluding hydrogens is 415 g/mol. The van der Waals surface area contributed by atoms with Crippen LogP contribution in [0, 0.1) is 0 Å². The van der Waals surface area contributed by atoms with Gasteiger partial charge in [-0.3, -0.25) is 0 Å². The van der Waals surface area contributed by atoms with Crippen molar-refractivity contribution in [2.45, 2.75) is 47.6 Å². The van der Waals surface area contributed by atoms with Crippen molar-refractivity contribution in [2.75, 3.05) is 26.2 Å². The average molecular weight is 447 g/mol. The van der Waals surface area contributed by atoms with Crippen molar-refractivity contribution >= 4 is 0 Å². The third-order valence-corrected chi connectivity index (χ3v) is 3.34. The number of rotatable bonds is 5. The zero-order valence-corrected chi connectivity index (χ0v) is 17.3. The molecule has 0 saturated heterocycles. The third kappa shape index (κ3) is 43.1. The predicted octanol–water partition coefficient (Wildman–Crippen LogP) is 5.33. The smallest absolute Gasteiger partial charge is 0.0844 e. The summed E-state index contributed by atoms with van der Waals surface area (Å²) >= 11 is 1.16. The van der Waals surface area contributed by atoms with Crippen LogP contribution in [0.15, 0.2) is 33.7 Å². The Morgan fingerprint density at radius 1 is 0.900 bits per heavy atom. The largest absolute Gasteiger partial charge is 0.663 e. The van der Waals surface area contributed by atoms with Gasteiger partial charge in [0.25, 0.3) is 0 Å². The number of nitrogens with zero attached hydrogens (tertiary/aromatic N) is 3. The fraction of sp³-hybridized carbons (Fsp3) is 0.688. The Labute approximate surface area is 139 Å². The second kappa shape index (κ2) is 27.2. The molecule has 1 aromatic carbocycles. The van der Waals surface area contributed by atoms with Crippen LogP contribution in [0.25, 0.3) is 10.6 Å². The molecule has 119 valence electrons. The summed E-state index contributed by atoms with van der Waals surface area (Å²) < 4.78 is 4.00. The molecule has 0 aliphatic heterocycles. The van der Waals surface area contributed by atoms with Crippen molar-refractivity contribution in [1.29, 1.82) is 0 Å². The minimum Gasteiger partial charge on any atom is -0.663 e. The molecule has 0 amide bonds. The second-order valence-corrected chi connectivity index (χ2v) is 4.71. The maximum Gasteiger partial charge on any atom is -0.0844 e. The molecule has 0 heterocycles. The van der Waals surface area contributed by atoms with Crippen LogP contribution < -0.4 is 0 Å². The zero-order chi connectivity index (χ0) is 16.1. The summed E-state index contributed by atoms with van der Waals surface area (Å²) in [5.41, 5.74) is 0. The van der Waals surface area contributed by atoms with Crippen LogP contribution in [0.1, 0.15) is 41.5 Å². The van der Waals surface area contributed by atoms with E-state index in [9.17, 15) is 0 Å². The van der Waals surface area contributed by atoms with Gasteiger partial charge >= 0.3 is 44.1 Å². The Balaban J connectivity index is -0.000000193. The van der Waals surface area contributed by atoms with Crippen LogP contribution in [0.3, 0.4) is 0 Å². The van der Waals surface area contributed by atoms with Gasteiger partial charge in [0.1, 0.15) is 0 Å². The van der Waals surface area contributed by atoms with Crippen LogP contribution in [-0.2, 0) is 20.9 Å². The summed E-state index contributed by atoms with van der Waals surface area (Å²) in [6.07, 6.45) is 0. The van der Waals surface area contributed by atoms with E-state index in [0.29, 0.717) is 6.04 Å². The Kier molecular flexibility index (Phi) is 33.7. The average Bonchev–Trinajstić information content (AvgIpc) is 3.01. The fourth-order valence-electron chi connectivity index (χ4n) is 0.768. The van der Waals surface area contributed by atoms with E-state index in [2.05, 4.69) is 27.8 Å². The maximum atomic E-state index is 4.00. The Hall–Kier alpha value is -0.190. The second-order valence-electron chi connectivity index (χ2n) is 3.88. The van der Waals surface area contributed by atoms with Crippen molar-refractivity contribution in [3.05, 3.63) is 41.0 Å². The van der Waals surface area contributed by atoms with Gasteiger partial charge in [-0.15, -0.1) is 0 Å². The molecular formula is C16H32N3Ta-3. The fourth-order valence-corrected chi connectivity index (χ4v) is 0.768. The van der Waals surface area contributed by atoms with Gasteiger partial charge in [-0.05, 0) is 0 Å². The summed E-state index contributed by atoms with van der Waals surface area (Å²) in [6.45, 7) is 16.2. The Morgan fingerprint density at radius 3 is 1.25 bits per heavy atom. The Bertz CT molecular complexity index is 196. The summed E-state index contributed by atoms with van der Waals surface area (Å²) in [5.74, 6) is 0. The van der Waals surface area contributed by atoms with Crippen LogP contribution in [0.4, 0.5) is 0 Å². The minimum absolute atomic E-state index is 0.559. The number of hydrogen-bond donors (Lipinski definition) is 0. The summed E-state index contributed by atoms with van der Waals surface area (Å²) in [7, 11) is 0. The SMILES string of the molecule is CC(C)[N]=[Ta].CC[N-]CC.CC[N-]CC.c1cc[cH-]c1. The van der Waals surface area contributed by atoms with E-state index in [4.69, 9.17) is 0 Å². The van der Waals surface area contributed by atoms with Crippen molar-refractivity contribution < 1.29 is 20.9 Å². The van der Waals surface area contributed by atoms with E-state index in [0.717, 1.165) is 47.1 Å². The van der Waals surface area contributed by atoms with Crippen LogP contribution in [0.2, 0.25) is 0 Å². The van der Waals surface area contributed by atoms with Gasteiger partial charge in [0.05, 0.1) is 0 Å². The maximum absolute atomic E-state index is 4.00. The van der Waals surface area contributed by atoms with Gasteiger partial charge in [0, 0.05) is 0 Å². The standard InChI is InChI=1S/C5H5.2C4H10N.C3H7N.Ta/c1-2-4-5-3-1;2*1-3-5-4-2;1-3(2)4;/h1-5H;2*3-4H2,1-2H3;3H,1-2H3;/q3*-1;;. The number of hydrogen-bond acceptors (Lipinski definition) is 1. The van der Waals surface area contributed by atoms with Gasteiger partial charge in [-0.25, -0.2) is 12.1 Å². The molecule has 20 heavy (non-hydrogen) atoms. The summed E-state index contributed by atoms with van der Waals surface area (Å²) in [4.78, 5) is 0. The first-order valence-electron chi connectivity index (χ1n) is 7.37. The van der Waals surface area contributed by atoms with Crippen molar-refractivity contribution in [3.63, 3.8) is 0 Å².